The first-order valence-corrected chi connectivity index (χ1v) is 5.78. The lowest BCUT2D eigenvalue weighted by atomic mass is 10.1. The van der Waals surface area contributed by atoms with Crippen molar-refractivity contribution in [3.8, 4) is 0 Å². The summed E-state index contributed by atoms with van der Waals surface area (Å²) in [5.74, 6) is 0.331. The molecule has 0 aromatic heterocycles. The van der Waals surface area contributed by atoms with Crippen LogP contribution >= 0.6 is 0 Å². The maximum atomic E-state index is 11.5. The molecule has 1 unspecified atom stereocenters. The van der Waals surface area contributed by atoms with Crippen molar-refractivity contribution < 1.29 is 9.53 Å². The van der Waals surface area contributed by atoms with E-state index in [9.17, 15) is 4.79 Å². The number of ether oxygens (including phenoxy) is 1. The first kappa shape index (κ1) is 13.4. The third-order valence-electron chi connectivity index (χ3n) is 2.34. The molecule has 4 heteroatoms. The largest absolute Gasteiger partial charge is 0.449 e. The molecule has 1 aromatic rings. The molecule has 1 atom stereocenters. The molecule has 3 N–H and O–H groups in total. The number of hydrogen-bond donors (Lipinski definition) is 2. The van der Waals surface area contributed by atoms with Gasteiger partial charge >= 0.3 is 6.09 Å². The van der Waals surface area contributed by atoms with E-state index in [-0.39, 0.29) is 6.04 Å². The number of anilines is 1. The SMILES string of the molecule is CC(C)COC(=O)NC(C)c1ccccc1N. The van der Waals surface area contributed by atoms with Crippen LogP contribution in [0, 0.1) is 5.92 Å². The van der Waals surface area contributed by atoms with E-state index in [2.05, 4.69) is 5.32 Å². The van der Waals surface area contributed by atoms with Gasteiger partial charge in [0.15, 0.2) is 0 Å². The van der Waals surface area contributed by atoms with E-state index >= 15 is 0 Å². The van der Waals surface area contributed by atoms with Crippen LogP contribution in [0.25, 0.3) is 0 Å². The molecule has 4 nitrogen and oxygen atoms in total. The van der Waals surface area contributed by atoms with Crippen molar-refractivity contribution in [3.05, 3.63) is 29.8 Å². The topological polar surface area (TPSA) is 64.3 Å². The highest BCUT2D eigenvalue weighted by molar-refractivity contribution is 5.68. The maximum absolute atomic E-state index is 11.5. The molecule has 0 fully saturated rings. The Labute approximate surface area is 102 Å². The van der Waals surface area contributed by atoms with Crippen molar-refractivity contribution >= 4 is 11.8 Å². The smallest absolute Gasteiger partial charge is 0.407 e. The van der Waals surface area contributed by atoms with Crippen LogP contribution in [0.15, 0.2) is 24.3 Å². The second kappa shape index (κ2) is 6.13. The normalized spacial score (nSPS) is 12.2. The molecule has 0 saturated heterocycles. The molecule has 0 heterocycles. The number of nitrogens with two attached hydrogens (primary N) is 1. The number of carbonyl (C=O) groups excluding carboxylic acids is 1. The fourth-order valence-electron chi connectivity index (χ4n) is 1.44. The minimum Gasteiger partial charge on any atom is -0.449 e. The Bertz CT molecular complexity index is 377. The second-order valence-electron chi connectivity index (χ2n) is 4.49. The lowest BCUT2D eigenvalue weighted by Gasteiger charge is -2.16. The van der Waals surface area contributed by atoms with Crippen molar-refractivity contribution in [1.29, 1.82) is 0 Å². The van der Waals surface area contributed by atoms with Gasteiger partial charge in [-0.2, -0.15) is 0 Å². The van der Waals surface area contributed by atoms with Crippen LogP contribution < -0.4 is 11.1 Å². The zero-order chi connectivity index (χ0) is 12.8. The van der Waals surface area contributed by atoms with Gasteiger partial charge in [0.2, 0.25) is 0 Å². The predicted molar refractivity (Wildman–Crippen MR) is 68.6 cm³/mol. The van der Waals surface area contributed by atoms with Crippen molar-refractivity contribution in [2.24, 2.45) is 5.92 Å². The molecule has 17 heavy (non-hydrogen) atoms. The number of amides is 1. The second-order valence-corrected chi connectivity index (χ2v) is 4.49. The van der Waals surface area contributed by atoms with E-state index in [1.54, 1.807) is 0 Å². The average molecular weight is 236 g/mol. The standard InChI is InChI=1S/C13H20N2O2/c1-9(2)8-17-13(16)15-10(3)11-6-4-5-7-12(11)14/h4-7,9-10H,8,14H2,1-3H3,(H,15,16). The van der Waals surface area contributed by atoms with Gasteiger partial charge in [-0.25, -0.2) is 4.79 Å². The van der Waals surface area contributed by atoms with Gasteiger partial charge < -0.3 is 15.8 Å². The summed E-state index contributed by atoms with van der Waals surface area (Å²) in [5, 5.41) is 2.75. The van der Waals surface area contributed by atoms with E-state index in [0.29, 0.717) is 18.2 Å². The quantitative estimate of drug-likeness (QED) is 0.790. The van der Waals surface area contributed by atoms with Gasteiger partial charge in [-0.15, -0.1) is 0 Å². The summed E-state index contributed by atoms with van der Waals surface area (Å²) in [4.78, 5) is 11.5. The highest BCUT2D eigenvalue weighted by atomic mass is 16.5. The monoisotopic (exact) mass is 236 g/mol. The zero-order valence-corrected chi connectivity index (χ0v) is 10.6. The molecule has 94 valence electrons. The van der Waals surface area contributed by atoms with E-state index in [1.807, 2.05) is 45.0 Å². The molecule has 0 saturated carbocycles. The number of nitrogens with one attached hydrogen (secondary N) is 1. The predicted octanol–water partition coefficient (Wildman–Crippen LogP) is 2.71. The summed E-state index contributed by atoms with van der Waals surface area (Å²) in [7, 11) is 0. The van der Waals surface area contributed by atoms with Crippen molar-refractivity contribution in [3.63, 3.8) is 0 Å². The molecule has 1 aromatic carbocycles. The molecular weight excluding hydrogens is 216 g/mol. The molecule has 1 amide bonds. The number of benzene rings is 1. The van der Waals surface area contributed by atoms with Crippen LogP contribution in [-0.2, 0) is 4.74 Å². The zero-order valence-electron chi connectivity index (χ0n) is 10.6. The lowest BCUT2D eigenvalue weighted by molar-refractivity contribution is 0.130. The summed E-state index contributed by atoms with van der Waals surface area (Å²) >= 11 is 0. The van der Waals surface area contributed by atoms with Crippen molar-refractivity contribution in [2.75, 3.05) is 12.3 Å². The third kappa shape index (κ3) is 4.34. The molecule has 1 rings (SSSR count). The first-order valence-electron chi connectivity index (χ1n) is 5.78. The highest BCUT2D eigenvalue weighted by Crippen LogP contribution is 2.19. The Kier molecular flexibility index (Phi) is 4.82. The van der Waals surface area contributed by atoms with E-state index < -0.39 is 6.09 Å². The summed E-state index contributed by atoms with van der Waals surface area (Å²) in [6.07, 6.45) is -0.408. The number of alkyl carbamates (subject to hydrolysis) is 1. The number of rotatable bonds is 4. The van der Waals surface area contributed by atoms with Gasteiger partial charge in [-0.1, -0.05) is 32.0 Å². The number of nitrogen functional groups attached to an aromatic ring is 1. The Morgan fingerprint density at radius 1 is 1.35 bits per heavy atom. The highest BCUT2D eigenvalue weighted by Gasteiger charge is 2.12. The van der Waals surface area contributed by atoms with E-state index in [4.69, 9.17) is 10.5 Å². The molecule has 0 bridgehead atoms. The maximum Gasteiger partial charge on any atom is 0.407 e. The first-order chi connectivity index (χ1) is 8.00. The van der Waals surface area contributed by atoms with Crippen LogP contribution in [0.3, 0.4) is 0 Å². The molecule has 0 spiro atoms. The number of hydrogen-bond acceptors (Lipinski definition) is 3. The minimum absolute atomic E-state index is 0.157. The van der Waals surface area contributed by atoms with Gasteiger partial charge in [0.1, 0.15) is 0 Å². The summed E-state index contributed by atoms with van der Waals surface area (Å²) < 4.78 is 5.04. The molecule has 0 aliphatic rings. The fourth-order valence-corrected chi connectivity index (χ4v) is 1.44. The minimum atomic E-state index is -0.408. The van der Waals surface area contributed by atoms with Crippen LogP contribution in [0.1, 0.15) is 32.4 Å². The Hall–Kier alpha value is -1.71. The van der Waals surface area contributed by atoms with Gasteiger partial charge in [0.25, 0.3) is 0 Å². The van der Waals surface area contributed by atoms with Gasteiger partial charge in [-0.05, 0) is 24.5 Å². The third-order valence-corrected chi connectivity index (χ3v) is 2.34. The number of carbonyl (C=O) groups is 1. The van der Waals surface area contributed by atoms with E-state index in [0.717, 1.165) is 5.56 Å². The Morgan fingerprint density at radius 2 is 2.00 bits per heavy atom. The van der Waals surface area contributed by atoms with Crippen molar-refractivity contribution in [1.82, 2.24) is 5.32 Å². The van der Waals surface area contributed by atoms with Gasteiger partial charge in [-0.3, -0.25) is 0 Å². The van der Waals surface area contributed by atoms with Crippen LogP contribution in [-0.4, -0.2) is 12.7 Å². The van der Waals surface area contributed by atoms with Gasteiger partial charge in [0, 0.05) is 5.69 Å². The van der Waals surface area contributed by atoms with Crippen LogP contribution in [0.5, 0.6) is 0 Å². The van der Waals surface area contributed by atoms with Gasteiger partial charge in [0.05, 0.1) is 12.6 Å². The summed E-state index contributed by atoms with van der Waals surface area (Å²) in [6, 6.07) is 7.30. The summed E-state index contributed by atoms with van der Waals surface area (Å²) in [5.41, 5.74) is 7.39. The molecule has 0 radical (unpaired) electrons. The Morgan fingerprint density at radius 3 is 2.59 bits per heavy atom. The summed E-state index contributed by atoms with van der Waals surface area (Å²) in [6.45, 7) is 6.28. The lowest BCUT2D eigenvalue weighted by Crippen LogP contribution is -2.28. The van der Waals surface area contributed by atoms with Crippen LogP contribution in [0.4, 0.5) is 10.5 Å². The number of para-hydroxylation sites is 1. The van der Waals surface area contributed by atoms with E-state index in [1.165, 1.54) is 0 Å². The fraction of sp³-hybridized carbons (Fsp3) is 0.462. The van der Waals surface area contributed by atoms with Crippen LogP contribution in [0.2, 0.25) is 0 Å². The molecular formula is C13H20N2O2. The van der Waals surface area contributed by atoms with Crippen molar-refractivity contribution in [2.45, 2.75) is 26.8 Å². The molecule has 0 aliphatic heterocycles. The Balaban J connectivity index is 2.52. The average Bonchev–Trinajstić information content (AvgIpc) is 2.26. The molecule has 0 aliphatic carbocycles.